The van der Waals surface area contributed by atoms with E-state index in [9.17, 15) is 0 Å². The third kappa shape index (κ3) is 4.08. The lowest BCUT2D eigenvalue weighted by atomic mass is 9.94. The maximum atomic E-state index is 5.33. The molecule has 0 bridgehead atoms. The zero-order valence-corrected chi connectivity index (χ0v) is 13.4. The van der Waals surface area contributed by atoms with Crippen LogP contribution in [-0.4, -0.2) is 14.2 Å². The first-order valence-corrected chi connectivity index (χ1v) is 7.54. The lowest BCUT2D eigenvalue weighted by molar-refractivity contribution is 0.414. The van der Waals surface area contributed by atoms with Crippen LogP contribution in [0.2, 0.25) is 0 Å². The van der Waals surface area contributed by atoms with Crippen molar-refractivity contribution < 1.29 is 4.74 Å². The average molecular weight is 283 g/mol. The van der Waals surface area contributed by atoms with Crippen LogP contribution in [0, 0.1) is 5.92 Å². The molecule has 0 aliphatic rings. The number of hydrogen-bond acceptors (Lipinski definition) is 2. The first kappa shape index (κ1) is 15.6. The van der Waals surface area contributed by atoms with E-state index in [1.165, 1.54) is 16.7 Å². The van der Waals surface area contributed by atoms with Crippen molar-refractivity contribution in [1.82, 2.24) is 5.32 Å². The number of rotatable bonds is 6. The van der Waals surface area contributed by atoms with Crippen LogP contribution in [0.1, 0.15) is 36.6 Å². The summed E-state index contributed by atoms with van der Waals surface area (Å²) in [5, 5.41) is 3.41. The number of methoxy groups -OCH3 is 1. The molecule has 0 amide bonds. The Morgan fingerprint density at radius 1 is 1.00 bits per heavy atom. The molecule has 1 unspecified atom stereocenters. The van der Waals surface area contributed by atoms with Gasteiger partial charge in [0.15, 0.2) is 0 Å². The second kappa shape index (κ2) is 7.28. The molecule has 1 atom stereocenters. The van der Waals surface area contributed by atoms with Crippen LogP contribution in [0.4, 0.5) is 0 Å². The highest BCUT2D eigenvalue weighted by molar-refractivity contribution is 5.38. The summed E-state index contributed by atoms with van der Waals surface area (Å²) >= 11 is 0. The highest BCUT2D eigenvalue weighted by atomic mass is 16.5. The van der Waals surface area contributed by atoms with Gasteiger partial charge in [-0.15, -0.1) is 0 Å². The van der Waals surface area contributed by atoms with Crippen LogP contribution in [0.3, 0.4) is 0 Å². The number of hydrogen-bond donors (Lipinski definition) is 1. The molecule has 2 aromatic carbocycles. The number of ether oxygens (including phenoxy) is 1. The smallest absolute Gasteiger partial charge is 0.119 e. The summed E-state index contributed by atoms with van der Waals surface area (Å²) in [7, 11) is 3.70. The Kier molecular flexibility index (Phi) is 5.40. The SMILES string of the molecule is CNC(c1cccc(CC(C)C)c1)c1cccc(OC)c1. The van der Waals surface area contributed by atoms with E-state index < -0.39 is 0 Å². The molecule has 0 radical (unpaired) electrons. The quantitative estimate of drug-likeness (QED) is 0.857. The van der Waals surface area contributed by atoms with Crippen LogP contribution in [0.15, 0.2) is 48.5 Å². The van der Waals surface area contributed by atoms with Gasteiger partial charge in [0.1, 0.15) is 5.75 Å². The van der Waals surface area contributed by atoms with E-state index in [0.29, 0.717) is 5.92 Å². The van der Waals surface area contributed by atoms with E-state index >= 15 is 0 Å². The lowest BCUT2D eigenvalue weighted by Gasteiger charge is -2.19. The molecule has 2 heteroatoms. The van der Waals surface area contributed by atoms with Crippen molar-refractivity contribution in [3.8, 4) is 5.75 Å². The molecule has 2 aromatic rings. The summed E-state index contributed by atoms with van der Waals surface area (Å²) in [6.07, 6.45) is 1.11. The summed E-state index contributed by atoms with van der Waals surface area (Å²) in [5.41, 5.74) is 3.91. The molecule has 0 saturated heterocycles. The van der Waals surface area contributed by atoms with Gasteiger partial charge in [0, 0.05) is 0 Å². The van der Waals surface area contributed by atoms with E-state index in [-0.39, 0.29) is 6.04 Å². The molecule has 0 aliphatic heterocycles. The average Bonchev–Trinajstić information content (AvgIpc) is 2.48. The van der Waals surface area contributed by atoms with Gasteiger partial charge in [0.2, 0.25) is 0 Å². The van der Waals surface area contributed by atoms with Crippen molar-refractivity contribution in [1.29, 1.82) is 0 Å². The second-order valence-corrected chi connectivity index (χ2v) is 5.84. The van der Waals surface area contributed by atoms with Gasteiger partial charge in [0.05, 0.1) is 13.2 Å². The molecule has 2 nitrogen and oxygen atoms in total. The molecular weight excluding hydrogens is 258 g/mol. The molecule has 21 heavy (non-hydrogen) atoms. The molecule has 0 saturated carbocycles. The third-order valence-corrected chi connectivity index (χ3v) is 3.64. The fourth-order valence-electron chi connectivity index (χ4n) is 2.72. The van der Waals surface area contributed by atoms with Crippen molar-refractivity contribution in [2.45, 2.75) is 26.3 Å². The number of nitrogens with one attached hydrogen (secondary N) is 1. The topological polar surface area (TPSA) is 21.3 Å². The van der Waals surface area contributed by atoms with Crippen molar-refractivity contribution in [3.63, 3.8) is 0 Å². The molecule has 0 aliphatic carbocycles. The van der Waals surface area contributed by atoms with Gasteiger partial charge in [0.25, 0.3) is 0 Å². The highest BCUT2D eigenvalue weighted by Crippen LogP contribution is 2.26. The zero-order chi connectivity index (χ0) is 15.2. The Hall–Kier alpha value is -1.80. The second-order valence-electron chi connectivity index (χ2n) is 5.84. The lowest BCUT2D eigenvalue weighted by Crippen LogP contribution is -2.18. The van der Waals surface area contributed by atoms with Crippen LogP contribution < -0.4 is 10.1 Å². The van der Waals surface area contributed by atoms with E-state index in [0.717, 1.165) is 12.2 Å². The monoisotopic (exact) mass is 283 g/mol. The highest BCUT2D eigenvalue weighted by Gasteiger charge is 2.13. The van der Waals surface area contributed by atoms with Crippen molar-refractivity contribution >= 4 is 0 Å². The van der Waals surface area contributed by atoms with Gasteiger partial charge in [-0.2, -0.15) is 0 Å². The van der Waals surface area contributed by atoms with Gasteiger partial charge in [-0.05, 0) is 48.2 Å². The minimum absolute atomic E-state index is 0.187. The van der Waals surface area contributed by atoms with Gasteiger partial charge in [-0.1, -0.05) is 50.2 Å². The van der Waals surface area contributed by atoms with Gasteiger partial charge in [-0.25, -0.2) is 0 Å². The molecule has 112 valence electrons. The maximum Gasteiger partial charge on any atom is 0.119 e. The normalized spacial score (nSPS) is 12.4. The van der Waals surface area contributed by atoms with E-state index in [1.54, 1.807) is 7.11 Å². The van der Waals surface area contributed by atoms with Gasteiger partial charge >= 0.3 is 0 Å². The summed E-state index contributed by atoms with van der Waals surface area (Å²) in [6, 6.07) is 17.3. The van der Waals surface area contributed by atoms with E-state index in [2.05, 4.69) is 55.6 Å². The molecule has 0 spiro atoms. The van der Waals surface area contributed by atoms with E-state index in [4.69, 9.17) is 4.74 Å². The van der Waals surface area contributed by atoms with Gasteiger partial charge < -0.3 is 10.1 Å². The van der Waals surface area contributed by atoms with Gasteiger partial charge in [-0.3, -0.25) is 0 Å². The Labute approximate surface area is 128 Å². The molecule has 1 N–H and O–H groups in total. The summed E-state index contributed by atoms with van der Waals surface area (Å²) in [4.78, 5) is 0. The molecule has 0 heterocycles. The van der Waals surface area contributed by atoms with Crippen molar-refractivity contribution in [3.05, 3.63) is 65.2 Å². The zero-order valence-electron chi connectivity index (χ0n) is 13.4. The predicted octanol–water partition coefficient (Wildman–Crippen LogP) is 4.20. The Balaban J connectivity index is 2.32. The minimum atomic E-state index is 0.187. The third-order valence-electron chi connectivity index (χ3n) is 3.64. The van der Waals surface area contributed by atoms with Crippen LogP contribution >= 0.6 is 0 Å². The molecular formula is C19H25NO. The van der Waals surface area contributed by atoms with Crippen LogP contribution in [-0.2, 0) is 6.42 Å². The van der Waals surface area contributed by atoms with Crippen molar-refractivity contribution in [2.75, 3.05) is 14.2 Å². The summed E-state index contributed by atoms with van der Waals surface area (Å²) < 4.78 is 5.33. The molecule has 0 aromatic heterocycles. The maximum absolute atomic E-state index is 5.33. The standard InChI is InChI=1S/C19H25NO/c1-14(2)11-15-7-5-8-16(12-15)19(20-3)17-9-6-10-18(13-17)21-4/h5-10,12-14,19-20H,11H2,1-4H3. The predicted molar refractivity (Wildman–Crippen MR) is 88.9 cm³/mol. The van der Waals surface area contributed by atoms with Crippen LogP contribution in [0.25, 0.3) is 0 Å². The Morgan fingerprint density at radius 2 is 1.67 bits per heavy atom. The number of benzene rings is 2. The first-order chi connectivity index (χ1) is 10.1. The Morgan fingerprint density at radius 3 is 2.29 bits per heavy atom. The molecule has 0 fully saturated rings. The summed E-state index contributed by atoms with van der Waals surface area (Å²) in [6.45, 7) is 4.51. The first-order valence-electron chi connectivity index (χ1n) is 7.54. The molecule has 2 rings (SSSR count). The fraction of sp³-hybridized carbons (Fsp3) is 0.368. The largest absolute Gasteiger partial charge is 0.497 e. The summed E-state index contributed by atoms with van der Waals surface area (Å²) in [5.74, 6) is 1.57. The van der Waals surface area contributed by atoms with Crippen LogP contribution in [0.5, 0.6) is 5.75 Å². The van der Waals surface area contributed by atoms with E-state index in [1.807, 2.05) is 19.2 Å². The Bertz CT molecular complexity index is 577. The van der Waals surface area contributed by atoms with Crippen molar-refractivity contribution in [2.24, 2.45) is 5.92 Å². The fourth-order valence-corrected chi connectivity index (χ4v) is 2.72. The minimum Gasteiger partial charge on any atom is -0.497 e.